The normalized spacial score (nSPS) is 15.2. The van der Waals surface area contributed by atoms with Crippen LogP contribution < -0.4 is 5.73 Å². The Morgan fingerprint density at radius 2 is 1.58 bits per heavy atom. The number of nitrogens with two attached hydrogens (primary N) is 1. The Bertz CT molecular complexity index is 762. The van der Waals surface area contributed by atoms with Crippen molar-refractivity contribution in [3.05, 3.63) is 59.7 Å². The summed E-state index contributed by atoms with van der Waals surface area (Å²) in [6, 6.07) is 15.8. The van der Waals surface area contributed by atoms with E-state index in [-0.39, 0.29) is 18.3 Å². The van der Waals surface area contributed by atoms with Crippen LogP contribution in [0.1, 0.15) is 17.0 Å². The molecule has 0 bridgehead atoms. The van der Waals surface area contributed by atoms with E-state index in [0.717, 1.165) is 22.3 Å². The molecule has 1 aliphatic carbocycles. The topological polar surface area (TPSA) is 89.6 Å². The molecule has 0 fully saturated rings. The number of esters is 1. The van der Waals surface area contributed by atoms with Crippen molar-refractivity contribution in [1.29, 1.82) is 0 Å². The highest BCUT2D eigenvalue weighted by Gasteiger charge is 2.43. The van der Waals surface area contributed by atoms with Crippen LogP contribution in [0.4, 0.5) is 0 Å². The smallest absolute Gasteiger partial charge is 0.338 e. The summed E-state index contributed by atoms with van der Waals surface area (Å²) >= 11 is 3.87. The highest BCUT2D eigenvalue weighted by Crippen LogP contribution is 2.44. The largest absolute Gasteiger partial charge is 0.479 e. The van der Waals surface area contributed by atoms with Gasteiger partial charge in [-0.2, -0.15) is 12.6 Å². The Hall–Kier alpha value is -2.31. The van der Waals surface area contributed by atoms with Gasteiger partial charge in [-0.3, -0.25) is 0 Å². The molecule has 3 rings (SSSR count). The van der Waals surface area contributed by atoms with E-state index in [1.807, 2.05) is 48.5 Å². The van der Waals surface area contributed by atoms with Crippen LogP contribution in [0.25, 0.3) is 11.1 Å². The minimum absolute atomic E-state index is 0.0346. The lowest BCUT2D eigenvalue weighted by atomic mass is 9.98. The summed E-state index contributed by atoms with van der Waals surface area (Å²) < 4.78 is 5.26. The number of carboxylic acid groups (broad SMARTS) is 1. The van der Waals surface area contributed by atoms with Crippen LogP contribution >= 0.6 is 12.6 Å². The molecule has 124 valence electrons. The zero-order valence-corrected chi connectivity index (χ0v) is 13.7. The van der Waals surface area contributed by atoms with E-state index in [1.54, 1.807) is 0 Å². The van der Waals surface area contributed by atoms with E-state index >= 15 is 0 Å². The number of fused-ring (bicyclic) bond motifs is 3. The number of hydrogen-bond acceptors (Lipinski definition) is 5. The molecule has 24 heavy (non-hydrogen) atoms. The zero-order valence-electron chi connectivity index (χ0n) is 12.8. The third kappa shape index (κ3) is 2.57. The maximum Gasteiger partial charge on any atom is 0.338 e. The van der Waals surface area contributed by atoms with Crippen molar-refractivity contribution in [2.45, 2.75) is 11.5 Å². The second kappa shape index (κ2) is 6.30. The molecule has 0 heterocycles. The van der Waals surface area contributed by atoms with Crippen LogP contribution in [-0.4, -0.2) is 34.9 Å². The van der Waals surface area contributed by atoms with Gasteiger partial charge in [-0.1, -0.05) is 48.5 Å². The maximum absolute atomic E-state index is 12.1. The van der Waals surface area contributed by atoms with Crippen LogP contribution in [-0.2, 0) is 14.3 Å². The molecular weight excluding hydrogens is 326 g/mol. The van der Waals surface area contributed by atoms with Gasteiger partial charge in [0.15, 0.2) is 0 Å². The first-order chi connectivity index (χ1) is 11.5. The van der Waals surface area contributed by atoms with Gasteiger partial charge in [-0.05, 0) is 22.3 Å². The number of ether oxygens (including phenoxy) is 1. The van der Waals surface area contributed by atoms with Gasteiger partial charge < -0.3 is 15.6 Å². The molecule has 6 heteroatoms. The molecule has 2 aromatic rings. The van der Waals surface area contributed by atoms with Crippen molar-refractivity contribution in [3.63, 3.8) is 0 Å². The predicted octanol–water partition coefficient (Wildman–Crippen LogP) is 2.05. The summed E-state index contributed by atoms with van der Waals surface area (Å²) in [7, 11) is 0. The highest BCUT2D eigenvalue weighted by molar-refractivity contribution is 7.80. The standard InChI is InChI=1S/C18H17NO4S/c19-18(10-24,16(20)21)17(22)23-9-15-13-7-3-1-5-11(13)12-6-2-4-8-14(12)15/h1-8,15,24H,9-10,19H2,(H,20,21). The van der Waals surface area contributed by atoms with E-state index in [9.17, 15) is 9.59 Å². The van der Waals surface area contributed by atoms with Crippen molar-refractivity contribution in [3.8, 4) is 11.1 Å². The molecule has 0 aromatic heterocycles. The number of hydrogen-bond donors (Lipinski definition) is 3. The second-order valence-corrected chi connectivity index (χ2v) is 6.08. The van der Waals surface area contributed by atoms with Crippen molar-refractivity contribution < 1.29 is 19.4 Å². The molecule has 2 aromatic carbocycles. The predicted molar refractivity (Wildman–Crippen MR) is 93.1 cm³/mol. The number of aliphatic carboxylic acids is 1. The van der Waals surface area contributed by atoms with E-state index in [0.29, 0.717) is 0 Å². The first kappa shape index (κ1) is 16.5. The first-order valence-corrected chi connectivity index (χ1v) is 8.11. The number of carbonyl (C=O) groups is 2. The summed E-state index contributed by atoms with van der Waals surface area (Å²) in [4.78, 5) is 23.4. The molecule has 0 radical (unpaired) electrons. The van der Waals surface area contributed by atoms with Gasteiger partial charge in [0.25, 0.3) is 0 Å². The quantitative estimate of drug-likeness (QED) is 0.439. The average molecular weight is 343 g/mol. The van der Waals surface area contributed by atoms with Gasteiger partial charge >= 0.3 is 11.9 Å². The molecule has 0 saturated carbocycles. The minimum Gasteiger partial charge on any atom is -0.479 e. The summed E-state index contributed by atoms with van der Waals surface area (Å²) in [6.07, 6.45) is 0. The third-order valence-corrected chi connectivity index (χ3v) is 4.84. The lowest BCUT2D eigenvalue weighted by Crippen LogP contribution is -2.57. The van der Waals surface area contributed by atoms with Crippen molar-refractivity contribution in [1.82, 2.24) is 0 Å². The Balaban J connectivity index is 1.86. The van der Waals surface area contributed by atoms with E-state index in [1.165, 1.54) is 0 Å². The van der Waals surface area contributed by atoms with Gasteiger partial charge in [0.2, 0.25) is 5.54 Å². The lowest BCUT2D eigenvalue weighted by Gasteiger charge is -2.22. The number of carbonyl (C=O) groups excluding carboxylic acids is 1. The highest BCUT2D eigenvalue weighted by atomic mass is 32.1. The van der Waals surface area contributed by atoms with Gasteiger partial charge in [0.1, 0.15) is 6.61 Å². The van der Waals surface area contributed by atoms with Crippen LogP contribution in [0.15, 0.2) is 48.5 Å². The summed E-state index contributed by atoms with van der Waals surface area (Å²) in [5.74, 6) is -2.90. The summed E-state index contributed by atoms with van der Waals surface area (Å²) in [5, 5.41) is 9.14. The van der Waals surface area contributed by atoms with E-state index < -0.39 is 17.5 Å². The van der Waals surface area contributed by atoms with E-state index in [2.05, 4.69) is 12.6 Å². The van der Waals surface area contributed by atoms with Crippen LogP contribution in [0.2, 0.25) is 0 Å². The Morgan fingerprint density at radius 3 is 2.04 bits per heavy atom. The van der Waals surface area contributed by atoms with Gasteiger partial charge in [-0.25, -0.2) is 9.59 Å². The molecule has 1 unspecified atom stereocenters. The molecule has 0 aliphatic heterocycles. The van der Waals surface area contributed by atoms with Crippen molar-refractivity contribution >= 4 is 24.6 Å². The molecule has 3 N–H and O–H groups in total. The van der Waals surface area contributed by atoms with Gasteiger partial charge in [-0.15, -0.1) is 0 Å². The van der Waals surface area contributed by atoms with Gasteiger partial charge in [0, 0.05) is 11.7 Å². The molecular formula is C18H17NO4S. The number of benzene rings is 2. The van der Waals surface area contributed by atoms with Crippen molar-refractivity contribution in [2.24, 2.45) is 5.73 Å². The van der Waals surface area contributed by atoms with Gasteiger partial charge in [0.05, 0.1) is 0 Å². The van der Waals surface area contributed by atoms with Crippen LogP contribution in [0.3, 0.4) is 0 Å². The number of thiol groups is 1. The fourth-order valence-corrected chi connectivity index (χ4v) is 3.21. The molecule has 0 saturated heterocycles. The van der Waals surface area contributed by atoms with Crippen molar-refractivity contribution in [2.75, 3.05) is 12.4 Å². The maximum atomic E-state index is 12.1. The zero-order chi connectivity index (χ0) is 17.3. The Kier molecular flexibility index (Phi) is 4.34. The monoisotopic (exact) mass is 343 g/mol. The number of rotatable bonds is 5. The number of carboxylic acids is 1. The summed E-state index contributed by atoms with van der Waals surface area (Å²) in [5.41, 5.74) is 7.77. The fourth-order valence-electron chi connectivity index (χ4n) is 2.95. The SMILES string of the molecule is NC(CS)(C(=O)O)C(=O)OCC1c2ccccc2-c2ccccc21. The van der Waals surface area contributed by atoms with Crippen LogP contribution in [0.5, 0.6) is 0 Å². The molecule has 0 spiro atoms. The molecule has 0 amide bonds. The third-order valence-electron chi connectivity index (χ3n) is 4.34. The van der Waals surface area contributed by atoms with Crippen LogP contribution in [0, 0.1) is 0 Å². The Labute approximate surface area is 144 Å². The van der Waals surface area contributed by atoms with E-state index in [4.69, 9.17) is 15.6 Å². The average Bonchev–Trinajstić information content (AvgIpc) is 2.92. The fraction of sp³-hybridized carbons (Fsp3) is 0.222. The summed E-state index contributed by atoms with van der Waals surface area (Å²) in [6.45, 7) is 0.0346. The lowest BCUT2D eigenvalue weighted by molar-refractivity contribution is -0.159. The Morgan fingerprint density at radius 1 is 1.08 bits per heavy atom. The minimum atomic E-state index is -2.14. The second-order valence-electron chi connectivity index (χ2n) is 5.76. The molecule has 1 atom stereocenters. The first-order valence-electron chi connectivity index (χ1n) is 7.47. The molecule has 1 aliphatic rings. The molecule has 5 nitrogen and oxygen atoms in total.